The van der Waals surface area contributed by atoms with Crippen molar-refractivity contribution >= 4 is 22.4 Å². The van der Waals surface area contributed by atoms with Crippen molar-refractivity contribution in [3.05, 3.63) is 40.7 Å². The second-order valence-electron chi connectivity index (χ2n) is 4.95. The summed E-state index contributed by atoms with van der Waals surface area (Å²) in [6.07, 6.45) is 3.50. The summed E-state index contributed by atoms with van der Waals surface area (Å²) in [7, 11) is 0. The molecule has 2 rings (SSSR count). The van der Waals surface area contributed by atoms with Crippen LogP contribution in [0.2, 0.25) is 0 Å². The van der Waals surface area contributed by atoms with Crippen LogP contribution >= 0.6 is 11.3 Å². The third-order valence-corrected chi connectivity index (χ3v) is 4.00. The number of nitrogens with zero attached hydrogens (tertiary/aromatic N) is 2. The van der Waals surface area contributed by atoms with E-state index >= 15 is 0 Å². The summed E-state index contributed by atoms with van der Waals surface area (Å²) < 4.78 is 0. The molecule has 2 aromatic heterocycles. The molecule has 2 heterocycles. The zero-order valence-corrected chi connectivity index (χ0v) is 12.6. The Labute approximate surface area is 122 Å². The maximum atomic E-state index is 12.4. The molecule has 0 aromatic carbocycles. The molecule has 106 valence electrons. The van der Waals surface area contributed by atoms with Crippen molar-refractivity contribution in [3.8, 4) is 0 Å². The number of hydrogen-bond donors (Lipinski definition) is 2. The molecule has 0 unspecified atom stereocenters. The minimum absolute atomic E-state index is 0.0843. The van der Waals surface area contributed by atoms with Gasteiger partial charge in [-0.05, 0) is 24.5 Å². The number of carbonyl (C=O) groups is 1. The van der Waals surface area contributed by atoms with E-state index in [1.54, 1.807) is 19.3 Å². The van der Waals surface area contributed by atoms with Crippen LogP contribution in [0.4, 0.5) is 5.13 Å². The lowest BCUT2D eigenvalue weighted by Crippen LogP contribution is -2.31. The minimum atomic E-state index is -0.140. The van der Waals surface area contributed by atoms with Gasteiger partial charge in [0.05, 0.1) is 11.7 Å². The Kier molecular flexibility index (Phi) is 4.34. The molecule has 0 bridgehead atoms. The van der Waals surface area contributed by atoms with E-state index in [2.05, 4.69) is 29.1 Å². The first-order chi connectivity index (χ1) is 9.49. The van der Waals surface area contributed by atoms with Gasteiger partial charge in [-0.25, -0.2) is 4.98 Å². The summed E-state index contributed by atoms with van der Waals surface area (Å²) in [5.41, 5.74) is 7.29. The van der Waals surface area contributed by atoms with Gasteiger partial charge in [0.25, 0.3) is 5.91 Å². The molecule has 3 N–H and O–H groups in total. The van der Waals surface area contributed by atoms with E-state index in [0.29, 0.717) is 15.7 Å². The number of pyridine rings is 1. The molecular weight excluding hydrogens is 272 g/mol. The average molecular weight is 290 g/mol. The number of nitrogens with two attached hydrogens (primary N) is 1. The SMILES string of the molecule is Cc1nc(N)sc1C(=O)N[C@@H](c1cccnc1)C(C)C. The summed E-state index contributed by atoms with van der Waals surface area (Å²) in [6, 6.07) is 3.75. The lowest BCUT2D eigenvalue weighted by atomic mass is 9.97. The fourth-order valence-electron chi connectivity index (χ4n) is 2.03. The molecule has 0 saturated heterocycles. The molecule has 1 amide bonds. The molecule has 0 radical (unpaired) electrons. The second-order valence-corrected chi connectivity index (χ2v) is 5.98. The maximum absolute atomic E-state index is 12.4. The molecule has 0 spiro atoms. The molecule has 20 heavy (non-hydrogen) atoms. The predicted molar refractivity (Wildman–Crippen MR) is 80.5 cm³/mol. The first-order valence-electron chi connectivity index (χ1n) is 6.42. The first kappa shape index (κ1) is 14.5. The van der Waals surface area contributed by atoms with Crippen LogP contribution in [0, 0.1) is 12.8 Å². The van der Waals surface area contributed by atoms with E-state index in [0.717, 1.165) is 5.56 Å². The fourth-order valence-corrected chi connectivity index (χ4v) is 2.77. The Morgan fingerprint density at radius 3 is 2.70 bits per heavy atom. The summed E-state index contributed by atoms with van der Waals surface area (Å²) in [4.78, 5) is 21.1. The molecule has 2 aromatic rings. The number of nitrogen functional groups attached to an aromatic ring is 1. The van der Waals surface area contributed by atoms with Crippen molar-refractivity contribution in [1.82, 2.24) is 15.3 Å². The Morgan fingerprint density at radius 2 is 2.20 bits per heavy atom. The standard InChI is InChI=1S/C14H18N4OS/c1-8(2)11(10-5-4-6-16-7-10)18-13(19)12-9(3)17-14(15)20-12/h4-8,11H,1-3H3,(H2,15,17)(H,18,19)/t11-/m1/s1. The van der Waals surface area contributed by atoms with E-state index in [9.17, 15) is 4.79 Å². The van der Waals surface area contributed by atoms with Crippen LogP contribution in [-0.4, -0.2) is 15.9 Å². The molecule has 5 nitrogen and oxygen atoms in total. The number of anilines is 1. The molecular formula is C14H18N4OS. The van der Waals surface area contributed by atoms with E-state index < -0.39 is 0 Å². The number of aromatic nitrogens is 2. The van der Waals surface area contributed by atoms with Crippen LogP contribution in [0.3, 0.4) is 0 Å². The van der Waals surface area contributed by atoms with Crippen molar-refractivity contribution in [2.24, 2.45) is 5.92 Å². The largest absolute Gasteiger partial charge is 0.375 e. The van der Waals surface area contributed by atoms with Crippen LogP contribution in [0.5, 0.6) is 0 Å². The highest BCUT2D eigenvalue weighted by atomic mass is 32.1. The van der Waals surface area contributed by atoms with Crippen molar-refractivity contribution in [3.63, 3.8) is 0 Å². The number of aryl methyl sites for hydroxylation is 1. The fraction of sp³-hybridized carbons (Fsp3) is 0.357. The number of thiazole rings is 1. The maximum Gasteiger partial charge on any atom is 0.263 e. The predicted octanol–water partition coefficient (Wildman–Crippen LogP) is 2.56. The van der Waals surface area contributed by atoms with Gasteiger partial charge in [0.2, 0.25) is 0 Å². The van der Waals surface area contributed by atoms with Crippen LogP contribution < -0.4 is 11.1 Å². The van der Waals surface area contributed by atoms with Gasteiger partial charge < -0.3 is 11.1 Å². The summed E-state index contributed by atoms with van der Waals surface area (Å²) in [5, 5.41) is 3.45. The summed E-state index contributed by atoms with van der Waals surface area (Å²) in [5.74, 6) is 0.118. The summed E-state index contributed by atoms with van der Waals surface area (Å²) in [6.45, 7) is 5.91. The Balaban J connectivity index is 2.21. The molecule has 0 aliphatic carbocycles. The third kappa shape index (κ3) is 3.14. The van der Waals surface area contributed by atoms with Crippen molar-refractivity contribution in [2.45, 2.75) is 26.8 Å². The molecule has 1 atom stereocenters. The van der Waals surface area contributed by atoms with Gasteiger partial charge in [-0.1, -0.05) is 31.3 Å². The molecule has 0 fully saturated rings. The van der Waals surface area contributed by atoms with Gasteiger partial charge in [-0.3, -0.25) is 9.78 Å². The van der Waals surface area contributed by atoms with Gasteiger partial charge in [-0.2, -0.15) is 0 Å². The van der Waals surface area contributed by atoms with Gasteiger partial charge >= 0.3 is 0 Å². The van der Waals surface area contributed by atoms with Crippen molar-refractivity contribution in [1.29, 1.82) is 0 Å². The lowest BCUT2D eigenvalue weighted by Gasteiger charge is -2.22. The van der Waals surface area contributed by atoms with Gasteiger partial charge in [-0.15, -0.1) is 0 Å². The van der Waals surface area contributed by atoms with Crippen molar-refractivity contribution < 1.29 is 4.79 Å². The minimum Gasteiger partial charge on any atom is -0.375 e. The highest BCUT2D eigenvalue weighted by Crippen LogP contribution is 2.24. The zero-order chi connectivity index (χ0) is 14.7. The van der Waals surface area contributed by atoms with Crippen molar-refractivity contribution in [2.75, 3.05) is 5.73 Å². The number of hydrogen-bond acceptors (Lipinski definition) is 5. The Hall–Kier alpha value is -1.95. The van der Waals surface area contributed by atoms with Crippen LogP contribution in [-0.2, 0) is 0 Å². The molecule has 0 saturated carbocycles. The number of carbonyl (C=O) groups excluding carboxylic acids is 1. The normalized spacial score (nSPS) is 12.4. The highest BCUT2D eigenvalue weighted by molar-refractivity contribution is 7.17. The highest BCUT2D eigenvalue weighted by Gasteiger charge is 2.22. The molecule has 0 aliphatic heterocycles. The average Bonchev–Trinajstić information content (AvgIpc) is 2.75. The van der Waals surface area contributed by atoms with Gasteiger partial charge in [0.15, 0.2) is 5.13 Å². The summed E-state index contributed by atoms with van der Waals surface area (Å²) >= 11 is 1.21. The molecule has 6 heteroatoms. The van der Waals surface area contributed by atoms with E-state index in [1.807, 2.05) is 12.1 Å². The zero-order valence-electron chi connectivity index (χ0n) is 11.8. The number of amides is 1. The van der Waals surface area contributed by atoms with Gasteiger partial charge in [0, 0.05) is 12.4 Å². The van der Waals surface area contributed by atoms with E-state index in [-0.39, 0.29) is 17.9 Å². The smallest absolute Gasteiger partial charge is 0.263 e. The Bertz CT molecular complexity index is 594. The quantitative estimate of drug-likeness (QED) is 0.906. The van der Waals surface area contributed by atoms with E-state index in [1.165, 1.54) is 11.3 Å². The Morgan fingerprint density at radius 1 is 1.45 bits per heavy atom. The van der Waals surface area contributed by atoms with Crippen LogP contribution in [0.1, 0.15) is 40.8 Å². The van der Waals surface area contributed by atoms with E-state index in [4.69, 9.17) is 5.73 Å². The number of nitrogens with one attached hydrogen (secondary N) is 1. The van der Waals surface area contributed by atoms with Crippen LogP contribution in [0.15, 0.2) is 24.5 Å². The molecule has 0 aliphatic rings. The second kappa shape index (κ2) is 6.00. The third-order valence-electron chi connectivity index (χ3n) is 3.02. The number of rotatable bonds is 4. The van der Waals surface area contributed by atoms with Crippen LogP contribution in [0.25, 0.3) is 0 Å². The topological polar surface area (TPSA) is 80.9 Å². The monoisotopic (exact) mass is 290 g/mol. The van der Waals surface area contributed by atoms with Gasteiger partial charge in [0.1, 0.15) is 4.88 Å². The first-order valence-corrected chi connectivity index (χ1v) is 7.24. The lowest BCUT2D eigenvalue weighted by molar-refractivity contribution is 0.0929.